The number of furan rings is 1. The number of aliphatic hydroxyl groups is 1. The van der Waals surface area contributed by atoms with E-state index in [1.54, 1.807) is 0 Å². The van der Waals surface area contributed by atoms with Gasteiger partial charge in [0, 0.05) is 37.1 Å². The van der Waals surface area contributed by atoms with Crippen molar-refractivity contribution in [1.82, 2.24) is 4.98 Å². The summed E-state index contributed by atoms with van der Waals surface area (Å²) in [5.74, 6) is 0.779. The molecule has 0 aliphatic carbocycles. The first-order valence-electron chi connectivity index (χ1n) is 10.9. The number of pyridine rings is 1. The fourth-order valence-electron chi connectivity index (χ4n) is 3.39. The number of nitrogens with zero attached hydrogens (tertiary/aromatic N) is 1. The fourth-order valence-corrected chi connectivity index (χ4v) is 3.39. The zero-order valence-corrected chi connectivity index (χ0v) is 22.8. The van der Waals surface area contributed by atoms with Crippen LogP contribution in [0, 0.1) is 13.0 Å². The van der Waals surface area contributed by atoms with E-state index in [0.29, 0.717) is 5.71 Å². The second-order valence-corrected chi connectivity index (χ2v) is 9.18. The van der Waals surface area contributed by atoms with Gasteiger partial charge in [-0.2, -0.15) is 0 Å². The Bertz CT molecular complexity index is 1290. The molecule has 1 radical (unpaired) electrons. The van der Waals surface area contributed by atoms with Crippen LogP contribution in [0.2, 0.25) is 0 Å². The minimum atomic E-state index is -0.125. The van der Waals surface area contributed by atoms with Crippen molar-refractivity contribution in [1.29, 1.82) is 0 Å². The zero-order chi connectivity index (χ0) is 24.2. The van der Waals surface area contributed by atoms with Crippen molar-refractivity contribution in [2.75, 3.05) is 0 Å². The molecular formula is C29H30IrNO3-. The Morgan fingerprint density at radius 3 is 2.26 bits per heavy atom. The molecular weight excluding hydrogens is 603 g/mol. The molecule has 0 bridgehead atoms. The van der Waals surface area contributed by atoms with E-state index in [1.807, 2.05) is 42.5 Å². The minimum absolute atomic E-state index is 0. The second kappa shape index (κ2) is 11.4. The Hall–Kier alpha value is -3.01. The summed E-state index contributed by atoms with van der Waals surface area (Å²) in [6, 6.07) is 24.1. The van der Waals surface area contributed by atoms with Gasteiger partial charge in [0.15, 0.2) is 5.78 Å². The Kier molecular flexibility index (Phi) is 9.14. The number of carbonyl (C=O) groups excluding carboxylic acids is 1. The fraction of sp³-hybridized carbons (Fsp3) is 0.241. The van der Waals surface area contributed by atoms with Crippen molar-refractivity contribution < 1.29 is 34.4 Å². The molecule has 5 heteroatoms. The molecule has 0 spiro atoms. The molecule has 0 atom stereocenters. The van der Waals surface area contributed by atoms with Crippen LogP contribution in [0.3, 0.4) is 0 Å². The van der Waals surface area contributed by atoms with E-state index in [2.05, 4.69) is 52.0 Å². The maximum absolute atomic E-state index is 10.0. The summed E-state index contributed by atoms with van der Waals surface area (Å²) in [6.07, 6.45) is 1.17. The summed E-state index contributed by atoms with van der Waals surface area (Å²) >= 11 is 0. The molecule has 0 aliphatic heterocycles. The van der Waals surface area contributed by atoms with Crippen LogP contribution < -0.4 is 0 Å². The normalized spacial score (nSPS) is 11.4. The number of rotatable bonds is 3. The first-order valence-corrected chi connectivity index (χ1v) is 10.9. The average molecular weight is 633 g/mol. The van der Waals surface area contributed by atoms with Crippen LogP contribution in [-0.2, 0) is 30.3 Å². The maximum atomic E-state index is 10.0. The molecule has 34 heavy (non-hydrogen) atoms. The Morgan fingerprint density at radius 2 is 1.71 bits per heavy atom. The van der Waals surface area contributed by atoms with Gasteiger partial charge in [0.05, 0.1) is 5.76 Å². The van der Waals surface area contributed by atoms with Crippen molar-refractivity contribution >= 4 is 16.9 Å². The molecule has 0 aliphatic rings. The van der Waals surface area contributed by atoms with Crippen LogP contribution in [0.5, 0.6) is 0 Å². The van der Waals surface area contributed by atoms with Gasteiger partial charge in [0.1, 0.15) is 5.76 Å². The molecule has 4 rings (SSSR count). The van der Waals surface area contributed by atoms with Crippen LogP contribution in [-0.4, -0.2) is 15.9 Å². The van der Waals surface area contributed by atoms with Crippen LogP contribution in [0.25, 0.3) is 33.7 Å². The van der Waals surface area contributed by atoms with E-state index in [9.17, 15) is 4.79 Å². The van der Waals surface area contributed by atoms with E-state index in [1.165, 1.54) is 25.5 Å². The summed E-state index contributed by atoms with van der Waals surface area (Å²) in [6.45, 7) is 11.6. The van der Waals surface area contributed by atoms with Crippen LogP contribution in [0.4, 0.5) is 0 Å². The van der Waals surface area contributed by atoms with E-state index < -0.39 is 0 Å². The first kappa shape index (κ1) is 27.2. The number of ketones is 1. The van der Waals surface area contributed by atoms with Gasteiger partial charge in [-0.3, -0.25) is 9.78 Å². The second-order valence-electron chi connectivity index (χ2n) is 9.18. The SMILES string of the molecule is CC(=O)/C=C(/C)O.Cc1[c-]c(-c2ccc3cc(-c4ccccc4)oc3n2)cc(C(C)(C)C)c1.[Ir]. The number of hydrogen-bond acceptors (Lipinski definition) is 4. The molecule has 0 amide bonds. The predicted octanol–water partition coefficient (Wildman–Crippen LogP) is 7.60. The number of hydrogen-bond donors (Lipinski definition) is 1. The van der Waals surface area contributed by atoms with Gasteiger partial charge < -0.3 is 9.52 Å². The quantitative estimate of drug-likeness (QED) is 0.144. The largest absolute Gasteiger partial charge is 0.512 e. The standard InChI is InChI=1S/C24H22NO.C5H8O2.Ir/c1-16-12-19(14-20(13-16)24(2,3)4)21-11-10-18-15-22(26-23(18)25-21)17-8-6-5-7-9-17;1-4(6)3-5(2)7;/h5-11,13-15H,1-4H3;3,6H,1-2H3;/q-1;;/b;4-3-;. The van der Waals surface area contributed by atoms with Gasteiger partial charge in [0.2, 0.25) is 5.71 Å². The Labute approximate surface area is 215 Å². The average Bonchev–Trinajstić information content (AvgIpc) is 3.16. The molecule has 0 unspecified atom stereocenters. The summed E-state index contributed by atoms with van der Waals surface area (Å²) in [5.41, 5.74) is 6.12. The van der Waals surface area contributed by atoms with Gasteiger partial charge in [0.25, 0.3) is 0 Å². The molecule has 2 aromatic heterocycles. The third-order valence-corrected chi connectivity index (χ3v) is 5.00. The van der Waals surface area contributed by atoms with Crippen molar-refractivity contribution in [3.8, 4) is 22.6 Å². The van der Waals surface area contributed by atoms with Gasteiger partial charge in [-0.15, -0.1) is 34.9 Å². The number of benzene rings is 2. The van der Waals surface area contributed by atoms with E-state index in [-0.39, 0.29) is 37.1 Å². The molecule has 1 N–H and O–H groups in total. The van der Waals surface area contributed by atoms with Crippen LogP contribution >= 0.6 is 0 Å². The zero-order valence-electron chi connectivity index (χ0n) is 20.4. The van der Waals surface area contributed by atoms with Gasteiger partial charge >= 0.3 is 0 Å². The number of aromatic nitrogens is 1. The molecule has 0 saturated carbocycles. The van der Waals surface area contributed by atoms with Crippen molar-refractivity contribution in [3.63, 3.8) is 0 Å². The topological polar surface area (TPSA) is 63.3 Å². The molecule has 2 aromatic carbocycles. The summed E-state index contributed by atoms with van der Waals surface area (Å²) in [5, 5.41) is 9.37. The van der Waals surface area contributed by atoms with Crippen molar-refractivity contribution in [2.45, 2.75) is 47.0 Å². The number of allylic oxidation sites excluding steroid dienone is 2. The van der Waals surface area contributed by atoms with Crippen LogP contribution in [0.15, 0.2) is 76.9 Å². The van der Waals surface area contributed by atoms with Crippen molar-refractivity contribution in [2.24, 2.45) is 0 Å². The van der Waals surface area contributed by atoms with Gasteiger partial charge in [-0.1, -0.05) is 70.2 Å². The Morgan fingerprint density at radius 1 is 1.03 bits per heavy atom. The molecule has 0 saturated heterocycles. The maximum Gasteiger partial charge on any atom is 0.217 e. The van der Waals surface area contributed by atoms with Gasteiger partial charge in [-0.05, 0) is 31.0 Å². The number of fused-ring (bicyclic) bond motifs is 1. The molecule has 4 aromatic rings. The third kappa shape index (κ3) is 7.24. The molecule has 4 nitrogen and oxygen atoms in total. The van der Waals surface area contributed by atoms with Crippen LogP contribution in [0.1, 0.15) is 45.7 Å². The third-order valence-electron chi connectivity index (χ3n) is 5.00. The minimum Gasteiger partial charge on any atom is -0.512 e. The molecule has 0 fully saturated rings. The number of aryl methyl sites for hydroxylation is 1. The smallest absolute Gasteiger partial charge is 0.217 e. The van der Waals surface area contributed by atoms with E-state index >= 15 is 0 Å². The summed E-state index contributed by atoms with van der Waals surface area (Å²) in [4.78, 5) is 14.8. The van der Waals surface area contributed by atoms with E-state index in [4.69, 9.17) is 14.5 Å². The monoisotopic (exact) mass is 633 g/mol. The first-order chi connectivity index (χ1) is 15.5. The van der Waals surface area contributed by atoms with Crippen molar-refractivity contribution in [3.05, 3.63) is 89.7 Å². The van der Waals surface area contributed by atoms with Gasteiger partial charge in [-0.25, -0.2) is 0 Å². The molecule has 2 heterocycles. The predicted molar refractivity (Wildman–Crippen MR) is 134 cm³/mol. The summed E-state index contributed by atoms with van der Waals surface area (Å²) in [7, 11) is 0. The van der Waals surface area contributed by atoms with E-state index in [0.717, 1.165) is 33.5 Å². The summed E-state index contributed by atoms with van der Waals surface area (Å²) < 4.78 is 6.02. The Balaban J connectivity index is 0.000000449. The number of aliphatic hydroxyl groups excluding tert-OH is 1. The number of carbonyl (C=O) groups is 1. The molecule has 179 valence electrons.